The minimum absolute atomic E-state index is 0.0565. The number of rotatable bonds is 6. The van der Waals surface area contributed by atoms with Gasteiger partial charge in [-0.15, -0.1) is 0 Å². The predicted octanol–water partition coefficient (Wildman–Crippen LogP) is 4.74. The average Bonchev–Trinajstić information content (AvgIpc) is 3.11. The van der Waals surface area contributed by atoms with E-state index in [-0.39, 0.29) is 17.7 Å². The maximum Gasteiger partial charge on any atom is 0.411 e. The molecule has 2 atom stereocenters. The molecule has 33 heavy (non-hydrogen) atoms. The van der Waals surface area contributed by atoms with Crippen LogP contribution in [0.1, 0.15) is 51.6 Å². The van der Waals surface area contributed by atoms with E-state index in [0.29, 0.717) is 13.0 Å². The highest BCUT2D eigenvalue weighted by atomic mass is 16.6. The van der Waals surface area contributed by atoms with Crippen LogP contribution in [0.2, 0.25) is 0 Å². The zero-order valence-corrected chi connectivity index (χ0v) is 19.7. The van der Waals surface area contributed by atoms with E-state index in [1.54, 1.807) is 38.1 Å². The van der Waals surface area contributed by atoms with E-state index in [2.05, 4.69) is 12.2 Å². The highest BCUT2D eigenvalue weighted by Gasteiger charge is 2.51. The van der Waals surface area contributed by atoms with Crippen molar-refractivity contribution in [3.63, 3.8) is 0 Å². The summed E-state index contributed by atoms with van der Waals surface area (Å²) in [5.41, 5.74) is 1.83. The van der Waals surface area contributed by atoms with Crippen molar-refractivity contribution in [2.75, 3.05) is 6.54 Å². The molecule has 0 saturated carbocycles. The molecule has 6 nitrogen and oxygen atoms in total. The number of aromatic nitrogens is 1. The Morgan fingerprint density at radius 2 is 1.85 bits per heavy atom. The summed E-state index contributed by atoms with van der Waals surface area (Å²) in [6.45, 7) is 5.86. The summed E-state index contributed by atoms with van der Waals surface area (Å²) in [6, 6.07) is 11.2. The number of aryl methyl sites for hydroxylation is 1. The van der Waals surface area contributed by atoms with Crippen molar-refractivity contribution in [1.82, 2.24) is 9.47 Å². The van der Waals surface area contributed by atoms with E-state index in [4.69, 9.17) is 4.74 Å². The maximum absolute atomic E-state index is 13.0. The Balaban J connectivity index is 1.59. The lowest BCUT2D eigenvalue weighted by Gasteiger charge is -2.35. The minimum Gasteiger partial charge on any atom is -0.436 e. The molecule has 0 unspecified atom stereocenters. The van der Waals surface area contributed by atoms with Gasteiger partial charge in [0.05, 0.1) is 18.2 Å². The molecular weight excluding hydrogens is 416 g/mol. The van der Waals surface area contributed by atoms with Crippen LogP contribution in [-0.2, 0) is 11.8 Å². The van der Waals surface area contributed by atoms with Gasteiger partial charge in [0, 0.05) is 25.7 Å². The molecule has 2 heterocycles. The molecule has 1 amide bonds. The fourth-order valence-electron chi connectivity index (χ4n) is 4.75. The van der Waals surface area contributed by atoms with Crippen LogP contribution in [0.4, 0.5) is 4.79 Å². The number of benzene rings is 1. The number of hydrogen-bond donors (Lipinski definition) is 1. The Kier molecular flexibility index (Phi) is 6.06. The van der Waals surface area contributed by atoms with Crippen molar-refractivity contribution >= 4 is 6.09 Å². The molecule has 1 aliphatic heterocycles. The third-order valence-electron chi connectivity index (χ3n) is 6.48. The summed E-state index contributed by atoms with van der Waals surface area (Å²) in [6.07, 6.45) is 9.81. The number of nitrogens with zero attached hydrogens (tertiary/aromatic N) is 2. The van der Waals surface area contributed by atoms with E-state index in [9.17, 15) is 14.7 Å². The molecule has 1 saturated heterocycles. The van der Waals surface area contributed by atoms with Crippen LogP contribution >= 0.6 is 0 Å². The maximum atomic E-state index is 13.0. The first-order chi connectivity index (χ1) is 15.6. The summed E-state index contributed by atoms with van der Waals surface area (Å²) < 4.78 is 7.55. The number of carbonyl (C=O) groups excluding carboxylic acids is 1. The van der Waals surface area contributed by atoms with Crippen molar-refractivity contribution in [2.24, 2.45) is 7.05 Å². The van der Waals surface area contributed by atoms with Crippen LogP contribution in [0.5, 0.6) is 0 Å². The molecule has 1 aliphatic carbocycles. The Morgan fingerprint density at radius 3 is 2.45 bits per heavy atom. The lowest BCUT2D eigenvalue weighted by molar-refractivity contribution is -0.00935. The van der Waals surface area contributed by atoms with Crippen molar-refractivity contribution < 1.29 is 14.6 Å². The molecule has 2 aromatic rings. The van der Waals surface area contributed by atoms with Crippen molar-refractivity contribution in [3.05, 3.63) is 82.3 Å². The summed E-state index contributed by atoms with van der Waals surface area (Å²) in [5, 5.41) is 10.6. The smallest absolute Gasteiger partial charge is 0.411 e. The number of allylic oxidation sites excluding steroid dienone is 2. The van der Waals surface area contributed by atoms with Crippen LogP contribution in [0, 0.1) is 0 Å². The second-order valence-electron chi connectivity index (χ2n) is 9.78. The van der Waals surface area contributed by atoms with Gasteiger partial charge >= 0.3 is 6.09 Å². The molecule has 1 aromatic heterocycles. The van der Waals surface area contributed by atoms with E-state index >= 15 is 0 Å². The number of carbonyl (C=O) groups is 1. The van der Waals surface area contributed by atoms with Crippen LogP contribution in [0.15, 0.2) is 71.2 Å². The Bertz CT molecular complexity index is 1150. The second kappa shape index (κ2) is 8.67. The van der Waals surface area contributed by atoms with Crippen LogP contribution in [0.3, 0.4) is 0 Å². The molecule has 0 bridgehead atoms. The summed E-state index contributed by atoms with van der Waals surface area (Å²) >= 11 is 0. The van der Waals surface area contributed by atoms with Gasteiger partial charge in [0.2, 0.25) is 0 Å². The largest absolute Gasteiger partial charge is 0.436 e. The highest BCUT2D eigenvalue weighted by Crippen LogP contribution is 2.42. The molecule has 2 aliphatic rings. The SMILES string of the molecule is C[C@@H](c1ccc(-c2ccn(C)c(=O)c2)cc1)N1C[C@@](CC(C)(C)O)(C2=CCCC=C2)OC1=O. The Labute approximate surface area is 194 Å². The van der Waals surface area contributed by atoms with Crippen molar-refractivity contribution in [1.29, 1.82) is 0 Å². The molecule has 0 radical (unpaired) electrons. The van der Waals surface area contributed by atoms with Crippen LogP contribution < -0.4 is 5.56 Å². The molecule has 1 aromatic carbocycles. The molecule has 4 rings (SSSR count). The Morgan fingerprint density at radius 1 is 1.12 bits per heavy atom. The monoisotopic (exact) mass is 448 g/mol. The predicted molar refractivity (Wildman–Crippen MR) is 129 cm³/mol. The van der Waals surface area contributed by atoms with E-state index in [1.807, 2.05) is 43.3 Å². The van der Waals surface area contributed by atoms with Gasteiger partial charge in [-0.2, -0.15) is 0 Å². The third-order valence-corrected chi connectivity index (χ3v) is 6.48. The molecule has 0 spiro atoms. The number of amides is 1. The van der Waals surface area contributed by atoms with Crippen LogP contribution in [-0.4, -0.2) is 38.4 Å². The summed E-state index contributed by atoms with van der Waals surface area (Å²) in [7, 11) is 1.73. The number of ether oxygens (including phenoxy) is 1. The molecule has 1 fully saturated rings. The van der Waals surface area contributed by atoms with Gasteiger partial charge in [-0.05, 0) is 61.9 Å². The summed E-state index contributed by atoms with van der Waals surface area (Å²) in [4.78, 5) is 26.7. The second-order valence-corrected chi connectivity index (χ2v) is 9.78. The van der Waals surface area contributed by atoms with Gasteiger partial charge in [0.25, 0.3) is 5.56 Å². The number of aliphatic hydroxyl groups is 1. The van der Waals surface area contributed by atoms with E-state index in [1.165, 1.54) is 4.57 Å². The van der Waals surface area contributed by atoms with Crippen molar-refractivity contribution in [2.45, 2.75) is 57.3 Å². The lowest BCUT2D eigenvalue weighted by Crippen LogP contribution is -2.43. The fraction of sp³-hybridized carbons (Fsp3) is 0.407. The average molecular weight is 449 g/mol. The zero-order valence-electron chi connectivity index (χ0n) is 19.7. The zero-order chi connectivity index (χ0) is 23.8. The van der Waals surface area contributed by atoms with Gasteiger partial charge in [-0.1, -0.05) is 42.5 Å². The molecule has 6 heteroatoms. The first-order valence-corrected chi connectivity index (χ1v) is 11.4. The molecule has 174 valence electrons. The molecule has 1 N–H and O–H groups in total. The first kappa shape index (κ1) is 23.1. The lowest BCUT2D eigenvalue weighted by atomic mass is 9.81. The van der Waals surface area contributed by atoms with Crippen molar-refractivity contribution in [3.8, 4) is 11.1 Å². The fourth-order valence-corrected chi connectivity index (χ4v) is 4.75. The van der Waals surface area contributed by atoms with Gasteiger partial charge < -0.3 is 14.4 Å². The van der Waals surface area contributed by atoms with E-state index in [0.717, 1.165) is 35.1 Å². The normalized spacial score (nSPS) is 21.7. The highest BCUT2D eigenvalue weighted by molar-refractivity contribution is 5.73. The van der Waals surface area contributed by atoms with Crippen LogP contribution in [0.25, 0.3) is 11.1 Å². The Hall–Kier alpha value is -3.12. The molecular formula is C27H32N2O4. The summed E-state index contributed by atoms with van der Waals surface area (Å²) in [5.74, 6) is 0. The topological polar surface area (TPSA) is 71.8 Å². The third kappa shape index (κ3) is 4.81. The van der Waals surface area contributed by atoms with E-state index < -0.39 is 11.2 Å². The number of pyridine rings is 1. The quantitative estimate of drug-likeness (QED) is 0.693. The standard InChI is InChI=1S/C27H32N2O4/c1-19(20-10-12-21(13-11-20)22-14-15-28(4)24(30)16-22)29-18-27(33-25(29)31,17-26(2,3)32)23-8-6-5-7-9-23/h6,8-16,19,32H,5,7,17-18H2,1-4H3/t19-,27-/m0/s1. The van der Waals surface area contributed by atoms with Gasteiger partial charge in [-0.25, -0.2) is 4.79 Å². The number of cyclic esters (lactones) is 1. The van der Waals surface area contributed by atoms with Gasteiger partial charge in [-0.3, -0.25) is 9.69 Å². The number of hydrogen-bond acceptors (Lipinski definition) is 4. The minimum atomic E-state index is -0.986. The van der Waals surface area contributed by atoms with Gasteiger partial charge in [0.1, 0.15) is 0 Å². The van der Waals surface area contributed by atoms with Gasteiger partial charge in [0.15, 0.2) is 5.60 Å². The first-order valence-electron chi connectivity index (χ1n) is 11.4.